The first kappa shape index (κ1) is 20.3. The molecule has 0 unspecified atom stereocenters. The van der Waals surface area contributed by atoms with E-state index in [0.29, 0.717) is 5.69 Å². The molecule has 1 aliphatic rings. The molecular formula is C19H17FN2O6S. The van der Waals surface area contributed by atoms with Gasteiger partial charge in [0.25, 0.3) is 15.8 Å². The molecule has 1 fully saturated rings. The summed E-state index contributed by atoms with van der Waals surface area (Å²) in [6.07, 6.45) is 1.11. The molecule has 0 atom stereocenters. The second-order valence-corrected chi connectivity index (χ2v) is 8.17. The van der Waals surface area contributed by atoms with Crippen LogP contribution in [0.3, 0.4) is 0 Å². The smallest absolute Gasteiger partial charge is 0.350 e. The van der Waals surface area contributed by atoms with E-state index in [1.807, 2.05) is 0 Å². The minimum Gasteiger partial charge on any atom is -0.419 e. The van der Waals surface area contributed by atoms with Crippen molar-refractivity contribution < 1.29 is 31.9 Å². The van der Waals surface area contributed by atoms with E-state index in [1.54, 1.807) is 0 Å². The number of ether oxygens (including phenoxy) is 2. The maximum absolute atomic E-state index is 13.7. The number of carbonyl (C=O) groups is 2. The van der Waals surface area contributed by atoms with E-state index < -0.39 is 33.6 Å². The lowest BCUT2D eigenvalue weighted by Crippen LogP contribution is -2.42. The first-order valence-corrected chi connectivity index (χ1v) is 9.86. The Morgan fingerprint density at radius 1 is 0.966 bits per heavy atom. The molecule has 3 rings (SSSR count). The Hall–Kier alpha value is -3.40. The molecule has 0 spiro atoms. The fourth-order valence-electron chi connectivity index (χ4n) is 2.41. The van der Waals surface area contributed by atoms with Crippen LogP contribution in [0.15, 0.2) is 65.2 Å². The van der Waals surface area contributed by atoms with Crippen LogP contribution in [0, 0.1) is 5.82 Å². The number of anilines is 2. The lowest BCUT2D eigenvalue weighted by molar-refractivity contribution is -0.222. The average molecular weight is 420 g/mol. The number of halogens is 1. The predicted molar refractivity (Wildman–Crippen MR) is 102 cm³/mol. The van der Waals surface area contributed by atoms with E-state index in [0.717, 1.165) is 12.3 Å². The summed E-state index contributed by atoms with van der Waals surface area (Å²) in [5, 5.41) is 2.70. The molecule has 8 nitrogen and oxygen atoms in total. The van der Waals surface area contributed by atoms with Gasteiger partial charge < -0.3 is 14.8 Å². The zero-order valence-corrected chi connectivity index (χ0v) is 16.2. The van der Waals surface area contributed by atoms with E-state index in [4.69, 9.17) is 9.47 Å². The van der Waals surface area contributed by atoms with Gasteiger partial charge in [0.15, 0.2) is 5.57 Å². The van der Waals surface area contributed by atoms with Crippen molar-refractivity contribution in [1.82, 2.24) is 0 Å². The summed E-state index contributed by atoms with van der Waals surface area (Å²) in [4.78, 5) is 23.7. The Labute approximate surface area is 166 Å². The van der Waals surface area contributed by atoms with Crippen LogP contribution in [-0.4, -0.2) is 26.1 Å². The number of hydrogen-bond donors (Lipinski definition) is 2. The highest BCUT2D eigenvalue weighted by molar-refractivity contribution is 7.92. The quantitative estimate of drug-likeness (QED) is 0.435. The van der Waals surface area contributed by atoms with Crippen LogP contribution in [-0.2, 0) is 29.1 Å². The van der Waals surface area contributed by atoms with Crippen molar-refractivity contribution in [3.63, 3.8) is 0 Å². The van der Waals surface area contributed by atoms with E-state index in [2.05, 4.69) is 10.0 Å². The summed E-state index contributed by atoms with van der Waals surface area (Å²) >= 11 is 0. The third kappa shape index (κ3) is 4.72. The number of hydrogen-bond acceptors (Lipinski definition) is 7. The third-order valence-electron chi connectivity index (χ3n) is 3.78. The third-order valence-corrected chi connectivity index (χ3v) is 5.16. The lowest BCUT2D eigenvalue weighted by atomic mass is 10.2. The number of esters is 2. The van der Waals surface area contributed by atoms with Gasteiger partial charge in [0.2, 0.25) is 0 Å². The molecule has 2 aromatic carbocycles. The molecule has 0 aromatic heterocycles. The van der Waals surface area contributed by atoms with Gasteiger partial charge in [0.05, 0.1) is 10.6 Å². The number of nitrogens with one attached hydrogen (secondary N) is 2. The molecule has 0 bridgehead atoms. The van der Waals surface area contributed by atoms with Gasteiger partial charge in [-0.15, -0.1) is 0 Å². The highest BCUT2D eigenvalue weighted by Crippen LogP contribution is 2.23. The molecule has 0 amide bonds. The summed E-state index contributed by atoms with van der Waals surface area (Å²) in [5.41, 5.74) is -0.105. The number of carbonyl (C=O) groups excluding carboxylic acids is 2. The summed E-state index contributed by atoms with van der Waals surface area (Å²) in [5.74, 6) is -3.72. The Morgan fingerprint density at radius 3 is 2.14 bits per heavy atom. The molecule has 29 heavy (non-hydrogen) atoms. The van der Waals surface area contributed by atoms with E-state index in [1.165, 1.54) is 56.3 Å². The van der Waals surface area contributed by atoms with Crippen LogP contribution in [0.25, 0.3) is 0 Å². The molecule has 10 heteroatoms. The molecule has 2 N–H and O–H groups in total. The summed E-state index contributed by atoms with van der Waals surface area (Å²) < 4.78 is 50.5. The second-order valence-electron chi connectivity index (χ2n) is 6.49. The van der Waals surface area contributed by atoms with Gasteiger partial charge in [-0.3, -0.25) is 4.72 Å². The Bertz CT molecular complexity index is 1070. The minimum atomic E-state index is -4.00. The van der Waals surface area contributed by atoms with Crippen LogP contribution in [0.4, 0.5) is 15.8 Å². The molecule has 2 aromatic rings. The molecule has 1 aliphatic heterocycles. The number of cyclic esters (lactones) is 2. The first-order chi connectivity index (χ1) is 13.6. The van der Waals surface area contributed by atoms with Gasteiger partial charge in [-0.2, -0.15) is 0 Å². The molecule has 0 aliphatic carbocycles. The van der Waals surface area contributed by atoms with Gasteiger partial charge in [0.1, 0.15) is 5.82 Å². The van der Waals surface area contributed by atoms with Gasteiger partial charge in [0, 0.05) is 25.7 Å². The highest BCUT2D eigenvalue weighted by atomic mass is 32.2. The van der Waals surface area contributed by atoms with Crippen molar-refractivity contribution in [2.75, 3.05) is 10.0 Å². The molecule has 152 valence electrons. The maximum atomic E-state index is 13.7. The maximum Gasteiger partial charge on any atom is 0.350 e. The van der Waals surface area contributed by atoms with E-state index >= 15 is 0 Å². The fraction of sp³-hybridized carbons (Fsp3) is 0.158. The molecule has 1 saturated heterocycles. The highest BCUT2D eigenvalue weighted by Gasteiger charge is 2.38. The van der Waals surface area contributed by atoms with Crippen molar-refractivity contribution in [3.05, 3.63) is 66.1 Å². The molecule has 1 heterocycles. The SMILES string of the molecule is CC1(C)OC(=O)C(=CNc2ccc(S(=O)(=O)Nc3ccccc3F)cc2)C(=O)O1. The number of sulfonamides is 1. The van der Waals surface area contributed by atoms with Crippen LogP contribution in [0.2, 0.25) is 0 Å². The summed E-state index contributed by atoms with van der Waals surface area (Å²) in [6.45, 7) is 2.86. The fourth-order valence-corrected chi connectivity index (χ4v) is 3.48. The van der Waals surface area contributed by atoms with Crippen molar-refractivity contribution >= 4 is 33.3 Å². The molecular weight excluding hydrogens is 403 g/mol. The van der Waals surface area contributed by atoms with Crippen molar-refractivity contribution in [2.24, 2.45) is 0 Å². The number of benzene rings is 2. The minimum absolute atomic E-state index is 0.0998. The van der Waals surface area contributed by atoms with Crippen LogP contribution >= 0.6 is 0 Å². The van der Waals surface area contributed by atoms with Crippen molar-refractivity contribution in [2.45, 2.75) is 24.5 Å². The van der Waals surface area contributed by atoms with Crippen molar-refractivity contribution in [1.29, 1.82) is 0 Å². The van der Waals surface area contributed by atoms with Gasteiger partial charge in [-0.05, 0) is 36.4 Å². The van der Waals surface area contributed by atoms with Gasteiger partial charge in [-0.1, -0.05) is 12.1 Å². The Morgan fingerprint density at radius 2 is 1.55 bits per heavy atom. The number of para-hydroxylation sites is 1. The van der Waals surface area contributed by atoms with E-state index in [-0.39, 0.29) is 16.2 Å². The molecule has 0 saturated carbocycles. The van der Waals surface area contributed by atoms with Gasteiger partial charge in [-0.25, -0.2) is 22.4 Å². The first-order valence-electron chi connectivity index (χ1n) is 8.38. The molecule has 0 radical (unpaired) electrons. The number of rotatable bonds is 5. The van der Waals surface area contributed by atoms with Gasteiger partial charge >= 0.3 is 11.9 Å². The largest absolute Gasteiger partial charge is 0.419 e. The normalized spacial score (nSPS) is 15.9. The Balaban J connectivity index is 1.73. The predicted octanol–water partition coefficient (Wildman–Crippen LogP) is 2.76. The Kier molecular flexibility index (Phi) is 5.29. The summed E-state index contributed by atoms with van der Waals surface area (Å²) in [7, 11) is -4.00. The zero-order valence-electron chi connectivity index (χ0n) is 15.4. The standard InChI is InChI=1S/C19H17FN2O6S/c1-19(2)27-17(23)14(18(24)28-19)11-21-12-7-9-13(10-8-12)29(25,26)22-16-6-4-3-5-15(16)20/h3-11,21-22H,1-2H3. The van der Waals surface area contributed by atoms with E-state index in [9.17, 15) is 22.4 Å². The second kappa shape index (κ2) is 7.55. The van der Waals surface area contributed by atoms with Crippen LogP contribution in [0.1, 0.15) is 13.8 Å². The topological polar surface area (TPSA) is 111 Å². The zero-order chi connectivity index (χ0) is 21.2. The monoisotopic (exact) mass is 420 g/mol. The lowest BCUT2D eigenvalue weighted by Gasteiger charge is -2.29. The van der Waals surface area contributed by atoms with Crippen molar-refractivity contribution in [3.8, 4) is 0 Å². The van der Waals surface area contributed by atoms with Crippen LogP contribution in [0.5, 0.6) is 0 Å². The average Bonchev–Trinajstić information content (AvgIpc) is 2.62. The summed E-state index contributed by atoms with van der Waals surface area (Å²) in [6, 6.07) is 10.8. The van der Waals surface area contributed by atoms with Crippen LogP contribution < -0.4 is 10.0 Å².